The molecule has 25 heavy (non-hydrogen) atoms. The number of carbonyl (C=O) groups excluding carboxylic acids is 1. The van der Waals surface area contributed by atoms with Gasteiger partial charge in [0.2, 0.25) is 5.91 Å². The molecule has 7 nitrogen and oxygen atoms in total. The van der Waals surface area contributed by atoms with Crippen molar-refractivity contribution in [2.45, 2.75) is 39.7 Å². The average molecular weight is 343 g/mol. The summed E-state index contributed by atoms with van der Waals surface area (Å²) in [6.07, 6.45) is 2.39. The molecule has 134 valence electrons. The fraction of sp³-hybridized carbons (Fsp3) is 0.556. The molecule has 1 saturated heterocycles. The standard InChI is InChI=1S/C18H25N5O2/c1-5-15-13(4)20-18(25-7-3)21-17(15)22-10-11-23(16(24)6-2)14(12-22)8-9-19/h6,14H,2,5,7-8,10-12H2,1,3-4H3. The molecule has 1 aliphatic rings. The van der Waals surface area contributed by atoms with Gasteiger partial charge in [-0.15, -0.1) is 0 Å². The van der Waals surface area contributed by atoms with Crippen LogP contribution in [0.15, 0.2) is 12.7 Å². The minimum absolute atomic E-state index is 0.135. The lowest BCUT2D eigenvalue weighted by atomic mass is 10.1. The van der Waals surface area contributed by atoms with Gasteiger partial charge >= 0.3 is 6.01 Å². The molecule has 1 atom stereocenters. The second-order valence-corrected chi connectivity index (χ2v) is 5.88. The molecule has 1 fully saturated rings. The first-order valence-electron chi connectivity index (χ1n) is 8.60. The molecule has 0 saturated carbocycles. The number of anilines is 1. The first-order chi connectivity index (χ1) is 12.0. The largest absolute Gasteiger partial charge is 0.464 e. The number of nitriles is 1. The van der Waals surface area contributed by atoms with Crippen LogP contribution in [0.3, 0.4) is 0 Å². The second-order valence-electron chi connectivity index (χ2n) is 5.88. The molecule has 7 heteroatoms. The number of amides is 1. The average Bonchev–Trinajstić information content (AvgIpc) is 2.61. The fourth-order valence-corrected chi connectivity index (χ4v) is 3.16. The zero-order valence-corrected chi connectivity index (χ0v) is 15.2. The van der Waals surface area contributed by atoms with Crippen molar-refractivity contribution in [3.63, 3.8) is 0 Å². The third-order valence-corrected chi connectivity index (χ3v) is 4.37. The number of piperazine rings is 1. The van der Waals surface area contributed by atoms with E-state index in [1.54, 1.807) is 4.90 Å². The molecule has 1 aromatic rings. The Kier molecular flexibility index (Phi) is 6.34. The minimum atomic E-state index is -0.181. The molecule has 0 N–H and O–H groups in total. The lowest BCUT2D eigenvalue weighted by Gasteiger charge is -2.41. The number of hydrogen-bond acceptors (Lipinski definition) is 6. The fourth-order valence-electron chi connectivity index (χ4n) is 3.16. The number of aryl methyl sites for hydroxylation is 1. The molecule has 0 spiro atoms. The van der Waals surface area contributed by atoms with Gasteiger partial charge in [-0.1, -0.05) is 13.5 Å². The zero-order valence-electron chi connectivity index (χ0n) is 15.2. The molecular weight excluding hydrogens is 318 g/mol. The SMILES string of the molecule is C=CC(=O)N1CCN(c2nc(OCC)nc(C)c2CC)CC1CC#N. The first-order valence-corrected chi connectivity index (χ1v) is 8.60. The minimum Gasteiger partial charge on any atom is -0.464 e. The highest BCUT2D eigenvalue weighted by molar-refractivity contribution is 5.87. The summed E-state index contributed by atoms with van der Waals surface area (Å²) in [5.74, 6) is 0.705. The number of rotatable bonds is 6. The Balaban J connectivity index is 2.34. The van der Waals surface area contributed by atoms with Crippen molar-refractivity contribution < 1.29 is 9.53 Å². The van der Waals surface area contributed by atoms with Crippen LogP contribution in [0.2, 0.25) is 0 Å². The number of hydrogen-bond donors (Lipinski definition) is 0. The zero-order chi connectivity index (χ0) is 18.4. The topological polar surface area (TPSA) is 82.3 Å². The van der Waals surface area contributed by atoms with Crippen LogP contribution in [-0.2, 0) is 11.2 Å². The molecule has 1 aliphatic heterocycles. The summed E-state index contributed by atoms with van der Waals surface area (Å²) in [5.41, 5.74) is 1.97. The molecule has 1 aromatic heterocycles. The molecular formula is C18H25N5O2. The van der Waals surface area contributed by atoms with Crippen LogP contribution >= 0.6 is 0 Å². The molecule has 0 radical (unpaired) electrons. The van der Waals surface area contributed by atoms with E-state index in [0.717, 1.165) is 23.5 Å². The highest BCUT2D eigenvalue weighted by Gasteiger charge is 2.31. The van der Waals surface area contributed by atoms with E-state index >= 15 is 0 Å². The van der Waals surface area contributed by atoms with E-state index in [0.29, 0.717) is 32.3 Å². The summed E-state index contributed by atoms with van der Waals surface area (Å²) in [5, 5.41) is 9.13. The Morgan fingerprint density at radius 3 is 2.80 bits per heavy atom. The molecule has 0 aliphatic carbocycles. The second kappa shape index (κ2) is 8.47. The van der Waals surface area contributed by atoms with Gasteiger partial charge in [0.25, 0.3) is 0 Å². The predicted molar refractivity (Wildman–Crippen MR) is 95.5 cm³/mol. The summed E-state index contributed by atoms with van der Waals surface area (Å²) >= 11 is 0. The van der Waals surface area contributed by atoms with Gasteiger partial charge in [0.05, 0.1) is 25.1 Å². The quantitative estimate of drug-likeness (QED) is 0.733. The molecule has 0 aromatic carbocycles. The lowest BCUT2D eigenvalue weighted by molar-refractivity contribution is -0.128. The van der Waals surface area contributed by atoms with Crippen molar-refractivity contribution in [1.29, 1.82) is 5.26 Å². The van der Waals surface area contributed by atoms with Crippen molar-refractivity contribution in [2.75, 3.05) is 31.1 Å². The molecule has 2 heterocycles. The monoisotopic (exact) mass is 343 g/mol. The van der Waals surface area contributed by atoms with Crippen LogP contribution in [0, 0.1) is 18.3 Å². The van der Waals surface area contributed by atoms with E-state index in [1.807, 2.05) is 13.8 Å². The third kappa shape index (κ3) is 4.08. The Morgan fingerprint density at radius 1 is 1.44 bits per heavy atom. The van der Waals surface area contributed by atoms with Crippen molar-refractivity contribution in [1.82, 2.24) is 14.9 Å². The maximum absolute atomic E-state index is 12.0. The number of aromatic nitrogens is 2. The van der Waals surface area contributed by atoms with Crippen LogP contribution in [0.1, 0.15) is 31.5 Å². The van der Waals surface area contributed by atoms with Gasteiger partial charge < -0.3 is 14.5 Å². The van der Waals surface area contributed by atoms with Crippen molar-refractivity contribution in [3.8, 4) is 12.1 Å². The van der Waals surface area contributed by atoms with Gasteiger partial charge in [-0.2, -0.15) is 10.2 Å². The normalized spacial score (nSPS) is 17.1. The molecule has 2 rings (SSSR count). The summed E-state index contributed by atoms with van der Waals surface area (Å²) in [4.78, 5) is 24.9. The number of carbonyl (C=O) groups is 1. The van der Waals surface area contributed by atoms with Gasteiger partial charge in [-0.25, -0.2) is 4.98 Å². The van der Waals surface area contributed by atoms with Gasteiger partial charge in [-0.05, 0) is 26.3 Å². The van der Waals surface area contributed by atoms with E-state index in [4.69, 9.17) is 10.00 Å². The van der Waals surface area contributed by atoms with E-state index in [-0.39, 0.29) is 18.4 Å². The van der Waals surface area contributed by atoms with Gasteiger partial charge in [0.1, 0.15) is 5.82 Å². The summed E-state index contributed by atoms with van der Waals surface area (Å²) in [7, 11) is 0. The van der Waals surface area contributed by atoms with Crippen molar-refractivity contribution in [2.24, 2.45) is 0 Å². The Bertz CT molecular complexity index is 683. The maximum atomic E-state index is 12.0. The van der Waals surface area contributed by atoms with Crippen LogP contribution in [-0.4, -0.2) is 53.1 Å². The van der Waals surface area contributed by atoms with E-state index < -0.39 is 0 Å². The van der Waals surface area contributed by atoms with E-state index in [9.17, 15) is 4.79 Å². The summed E-state index contributed by atoms with van der Waals surface area (Å²) < 4.78 is 5.49. The van der Waals surface area contributed by atoms with Gasteiger partial charge in [0.15, 0.2) is 0 Å². The summed E-state index contributed by atoms with van der Waals surface area (Å²) in [6.45, 7) is 11.7. The smallest absolute Gasteiger partial charge is 0.318 e. The van der Waals surface area contributed by atoms with E-state index in [2.05, 4.69) is 34.4 Å². The lowest BCUT2D eigenvalue weighted by Crippen LogP contribution is -2.55. The first kappa shape index (κ1) is 18.7. The highest BCUT2D eigenvalue weighted by Crippen LogP contribution is 2.27. The third-order valence-electron chi connectivity index (χ3n) is 4.37. The summed E-state index contributed by atoms with van der Waals surface area (Å²) in [6, 6.07) is 2.37. The predicted octanol–water partition coefficient (Wildman–Crippen LogP) is 1.86. The van der Waals surface area contributed by atoms with Crippen molar-refractivity contribution >= 4 is 11.7 Å². The van der Waals surface area contributed by atoms with Gasteiger partial charge in [-0.3, -0.25) is 4.79 Å². The molecule has 0 bridgehead atoms. The van der Waals surface area contributed by atoms with Crippen LogP contribution < -0.4 is 9.64 Å². The van der Waals surface area contributed by atoms with E-state index in [1.165, 1.54) is 6.08 Å². The molecule has 1 amide bonds. The Labute approximate surface area is 148 Å². The van der Waals surface area contributed by atoms with Crippen LogP contribution in [0.4, 0.5) is 5.82 Å². The van der Waals surface area contributed by atoms with Crippen molar-refractivity contribution in [3.05, 3.63) is 23.9 Å². The highest BCUT2D eigenvalue weighted by atomic mass is 16.5. The number of ether oxygens (including phenoxy) is 1. The Hall–Kier alpha value is -2.62. The van der Waals surface area contributed by atoms with Gasteiger partial charge in [0, 0.05) is 30.9 Å². The Morgan fingerprint density at radius 2 is 2.20 bits per heavy atom. The van der Waals surface area contributed by atoms with Crippen LogP contribution in [0.25, 0.3) is 0 Å². The molecule has 1 unspecified atom stereocenters. The maximum Gasteiger partial charge on any atom is 0.318 e. The number of nitrogens with zero attached hydrogens (tertiary/aromatic N) is 5. The van der Waals surface area contributed by atoms with Crippen LogP contribution in [0.5, 0.6) is 6.01 Å².